The van der Waals surface area contributed by atoms with Crippen molar-refractivity contribution >= 4 is 5.91 Å². The van der Waals surface area contributed by atoms with Crippen LogP contribution < -0.4 is 5.73 Å². The van der Waals surface area contributed by atoms with Crippen molar-refractivity contribution in [1.82, 2.24) is 9.78 Å². The molecule has 4 nitrogen and oxygen atoms in total. The minimum atomic E-state index is -5.13. The molecule has 1 aromatic rings. The number of hydrogen-bond acceptors (Lipinski definition) is 2. The van der Waals surface area contributed by atoms with Crippen LogP contribution in [0.5, 0.6) is 0 Å². The average Bonchev–Trinajstić information content (AvgIpc) is 3.11. The zero-order valence-electron chi connectivity index (χ0n) is 13.6. The predicted octanol–water partition coefficient (Wildman–Crippen LogP) is 3.73. The molecule has 2 fully saturated rings. The van der Waals surface area contributed by atoms with Crippen LogP contribution in [0, 0.1) is 5.41 Å². The second-order valence-corrected chi connectivity index (χ2v) is 7.57. The van der Waals surface area contributed by atoms with E-state index in [1.165, 1.54) is 6.92 Å². The van der Waals surface area contributed by atoms with Crippen LogP contribution in [-0.2, 0) is 18.1 Å². The van der Waals surface area contributed by atoms with E-state index in [0.29, 0.717) is 4.68 Å². The Morgan fingerprint density at radius 3 is 2.15 bits per heavy atom. The molecule has 0 atom stereocenters. The van der Waals surface area contributed by atoms with Crippen LogP contribution in [0.25, 0.3) is 0 Å². The Morgan fingerprint density at radius 2 is 1.81 bits per heavy atom. The maximum Gasteiger partial charge on any atom is 0.420 e. The first kappa shape index (κ1) is 19.0. The highest BCUT2D eigenvalue weighted by atomic mass is 19.4. The summed E-state index contributed by atoms with van der Waals surface area (Å²) in [7, 11) is 0. The molecule has 2 aliphatic rings. The van der Waals surface area contributed by atoms with E-state index >= 15 is 0 Å². The van der Waals surface area contributed by atoms with Gasteiger partial charge >= 0.3 is 6.18 Å². The largest absolute Gasteiger partial charge is 0.420 e. The zero-order chi connectivity index (χ0) is 19.7. The van der Waals surface area contributed by atoms with Gasteiger partial charge in [-0.3, -0.25) is 9.48 Å². The summed E-state index contributed by atoms with van der Waals surface area (Å²) >= 11 is 0. The molecule has 0 saturated heterocycles. The summed E-state index contributed by atoms with van der Waals surface area (Å²) in [6.07, 6.45) is -9.86. The molecule has 2 aliphatic carbocycles. The van der Waals surface area contributed by atoms with Crippen molar-refractivity contribution in [2.45, 2.75) is 63.1 Å². The number of primary amides is 1. The molecule has 0 radical (unpaired) electrons. The van der Waals surface area contributed by atoms with Crippen molar-refractivity contribution < 1.29 is 35.5 Å². The van der Waals surface area contributed by atoms with Crippen molar-refractivity contribution in [1.29, 1.82) is 0 Å². The van der Waals surface area contributed by atoms with Gasteiger partial charge in [0.2, 0.25) is 12.3 Å². The van der Waals surface area contributed by atoms with Crippen molar-refractivity contribution in [3.05, 3.63) is 17.0 Å². The minimum Gasteiger partial charge on any atom is -0.364 e. The van der Waals surface area contributed by atoms with Gasteiger partial charge in [0.05, 0.1) is 11.1 Å². The van der Waals surface area contributed by atoms with Gasteiger partial charge in [-0.25, -0.2) is 17.6 Å². The number of amides is 1. The number of nitrogens with zero attached hydrogens (tertiary/aromatic N) is 2. The number of alkyl halides is 7. The molecule has 1 heterocycles. The van der Waals surface area contributed by atoms with Crippen molar-refractivity contribution in [3.8, 4) is 0 Å². The second kappa shape index (κ2) is 5.35. The van der Waals surface area contributed by atoms with E-state index in [1.54, 1.807) is 0 Å². The number of halogens is 7. The predicted molar refractivity (Wildman–Crippen MR) is 75.0 cm³/mol. The van der Waals surface area contributed by atoms with Crippen LogP contribution in [0.3, 0.4) is 0 Å². The second-order valence-electron chi connectivity index (χ2n) is 7.57. The molecule has 3 rings (SSSR count). The first-order valence-corrected chi connectivity index (χ1v) is 7.85. The highest BCUT2D eigenvalue weighted by molar-refractivity contribution is 5.93. The van der Waals surface area contributed by atoms with Crippen LogP contribution in [0.4, 0.5) is 30.7 Å². The van der Waals surface area contributed by atoms with Crippen LogP contribution in [0.2, 0.25) is 0 Å². The highest BCUT2D eigenvalue weighted by Crippen LogP contribution is 2.57. The van der Waals surface area contributed by atoms with Gasteiger partial charge in [-0.05, 0) is 18.3 Å². The lowest BCUT2D eigenvalue weighted by Crippen LogP contribution is -2.47. The SMILES string of the molecule is CC1(Cn2nc(C3(C(F)F)CC3)c(C(F)(F)F)c2C(N)=O)CC(F)(F)C1. The van der Waals surface area contributed by atoms with Crippen LogP contribution >= 0.6 is 0 Å². The Labute approximate surface area is 143 Å². The fourth-order valence-corrected chi connectivity index (χ4v) is 3.81. The normalized spacial score (nSPS) is 23.0. The number of rotatable bonds is 5. The van der Waals surface area contributed by atoms with Crippen LogP contribution in [0.1, 0.15) is 54.4 Å². The Hall–Kier alpha value is -1.81. The van der Waals surface area contributed by atoms with E-state index in [-0.39, 0.29) is 12.8 Å². The third-order valence-corrected chi connectivity index (χ3v) is 5.05. The maximum atomic E-state index is 13.5. The number of carbonyl (C=O) groups excluding carboxylic acids is 1. The minimum absolute atomic E-state index is 0.210. The molecular formula is C15H16F7N3O. The van der Waals surface area contributed by atoms with Crippen molar-refractivity contribution in [2.24, 2.45) is 11.1 Å². The molecule has 0 spiro atoms. The van der Waals surface area contributed by atoms with Crippen molar-refractivity contribution in [2.75, 3.05) is 0 Å². The lowest BCUT2D eigenvalue weighted by atomic mass is 9.67. The molecule has 11 heteroatoms. The summed E-state index contributed by atoms with van der Waals surface area (Å²) in [4.78, 5) is 11.7. The Kier molecular flexibility index (Phi) is 3.90. The lowest BCUT2D eigenvalue weighted by Gasteiger charge is -2.44. The fraction of sp³-hybridized carbons (Fsp3) is 0.733. The summed E-state index contributed by atoms with van der Waals surface area (Å²) in [6, 6.07) is 0. The van der Waals surface area contributed by atoms with E-state index in [1.807, 2.05) is 0 Å². The van der Waals surface area contributed by atoms with E-state index in [2.05, 4.69) is 5.10 Å². The molecular weight excluding hydrogens is 371 g/mol. The topological polar surface area (TPSA) is 60.9 Å². The van der Waals surface area contributed by atoms with E-state index in [9.17, 15) is 35.5 Å². The van der Waals surface area contributed by atoms with E-state index < -0.39 is 71.6 Å². The number of hydrogen-bond donors (Lipinski definition) is 1. The molecule has 146 valence electrons. The van der Waals surface area contributed by atoms with E-state index in [0.717, 1.165) is 0 Å². The third-order valence-electron chi connectivity index (χ3n) is 5.05. The monoisotopic (exact) mass is 387 g/mol. The molecule has 0 aromatic carbocycles. The first-order valence-electron chi connectivity index (χ1n) is 7.85. The first-order chi connectivity index (χ1) is 11.7. The Balaban J connectivity index is 2.11. The van der Waals surface area contributed by atoms with Gasteiger partial charge in [-0.15, -0.1) is 0 Å². The van der Waals surface area contributed by atoms with Crippen LogP contribution in [0.15, 0.2) is 0 Å². The molecule has 0 unspecified atom stereocenters. The standard InChI is InChI=1S/C15H16F7N3O/c1-12(4-14(18,19)5-12)6-25-8(10(23)26)7(15(20,21)22)9(24-25)13(2-3-13)11(16)17/h11H,2-6H2,1H3,(H2,23,26). The third kappa shape index (κ3) is 2.94. The van der Waals surface area contributed by atoms with Gasteiger partial charge in [0.1, 0.15) is 11.3 Å². The zero-order valence-corrected chi connectivity index (χ0v) is 13.6. The van der Waals surface area contributed by atoms with Gasteiger partial charge in [0.25, 0.3) is 5.91 Å². The fourth-order valence-electron chi connectivity index (χ4n) is 3.81. The average molecular weight is 387 g/mol. The molecule has 1 amide bonds. The lowest BCUT2D eigenvalue weighted by molar-refractivity contribution is -0.160. The summed E-state index contributed by atoms with van der Waals surface area (Å²) in [5.74, 6) is -4.44. The van der Waals surface area contributed by atoms with Gasteiger partial charge < -0.3 is 5.73 Å². The summed E-state index contributed by atoms with van der Waals surface area (Å²) in [5.41, 5.74) is -1.70. The van der Waals surface area contributed by atoms with Gasteiger partial charge in [-0.2, -0.15) is 18.3 Å². The molecule has 26 heavy (non-hydrogen) atoms. The molecule has 2 N–H and O–H groups in total. The van der Waals surface area contributed by atoms with E-state index in [4.69, 9.17) is 5.73 Å². The maximum absolute atomic E-state index is 13.5. The van der Waals surface area contributed by atoms with Gasteiger partial charge in [-0.1, -0.05) is 6.92 Å². The quantitative estimate of drug-likeness (QED) is 0.783. The summed E-state index contributed by atoms with van der Waals surface area (Å²) < 4.78 is 94.2. The molecule has 0 aliphatic heterocycles. The van der Waals surface area contributed by atoms with Gasteiger partial charge in [0, 0.05) is 19.4 Å². The number of aromatic nitrogens is 2. The summed E-state index contributed by atoms with van der Waals surface area (Å²) in [6.45, 7) is 0.965. The smallest absolute Gasteiger partial charge is 0.364 e. The highest BCUT2D eigenvalue weighted by Gasteiger charge is 2.60. The van der Waals surface area contributed by atoms with Crippen molar-refractivity contribution in [3.63, 3.8) is 0 Å². The Morgan fingerprint density at radius 1 is 1.27 bits per heavy atom. The number of carbonyl (C=O) groups is 1. The van der Waals surface area contributed by atoms with Crippen LogP contribution in [-0.4, -0.2) is 28.0 Å². The summed E-state index contributed by atoms with van der Waals surface area (Å²) in [5, 5.41) is 3.64. The molecule has 1 aromatic heterocycles. The van der Waals surface area contributed by atoms with Gasteiger partial charge in [0.15, 0.2) is 0 Å². The molecule has 0 bridgehead atoms. The number of nitrogens with two attached hydrogens (primary N) is 1. The Bertz CT molecular complexity index is 741. The molecule has 2 saturated carbocycles.